The number of thiol groups is 1. The summed E-state index contributed by atoms with van der Waals surface area (Å²) in [5.74, 6) is 0.765. The van der Waals surface area contributed by atoms with Gasteiger partial charge in [0.15, 0.2) is 6.10 Å². The van der Waals surface area contributed by atoms with Crippen molar-refractivity contribution in [2.24, 2.45) is 5.73 Å². The van der Waals surface area contributed by atoms with Crippen molar-refractivity contribution in [2.45, 2.75) is 25.6 Å². The molecule has 8 heteroatoms. The van der Waals surface area contributed by atoms with Gasteiger partial charge in [-0.3, -0.25) is 4.79 Å². The summed E-state index contributed by atoms with van der Waals surface area (Å²) >= 11 is 4.21. The van der Waals surface area contributed by atoms with E-state index in [1.165, 1.54) is 0 Å². The van der Waals surface area contributed by atoms with Crippen molar-refractivity contribution in [3.8, 4) is 22.9 Å². The Morgan fingerprint density at radius 2 is 1.84 bits per heavy atom. The molecule has 0 aliphatic heterocycles. The maximum atomic E-state index is 12.6. The van der Waals surface area contributed by atoms with Gasteiger partial charge in [-0.05, 0) is 36.8 Å². The van der Waals surface area contributed by atoms with E-state index in [2.05, 4.69) is 28.2 Å². The van der Waals surface area contributed by atoms with Gasteiger partial charge in [0.25, 0.3) is 5.91 Å². The van der Waals surface area contributed by atoms with Gasteiger partial charge in [-0.15, -0.1) is 0 Å². The van der Waals surface area contributed by atoms with Crippen LogP contribution in [-0.2, 0) is 11.3 Å². The van der Waals surface area contributed by atoms with E-state index in [0.717, 1.165) is 16.8 Å². The average molecular weight is 453 g/mol. The molecule has 32 heavy (non-hydrogen) atoms. The summed E-state index contributed by atoms with van der Waals surface area (Å²) in [6, 6.07) is 20.0. The zero-order chi connectivity index (χ0) is 22.9. The van der Waals surface area contributed by atoms with Crippen molar-refractivity contribution in [3.63, 3.8) is 0 Å². The monoisotopic (exact) mass is 452 g/mol. The lowest BCUT2D eigenvalue weighted by Crippen LogP contribution is -2.36. The van der Waals surface area contributed by atoms with Gasteiger partial charge < -0.3 is 26.2 Å². The molecule has 2 aromatic carbocycles. The maximum absolute atomic E-state index is 12.6. The van der Waals surface area contributed by atoms with E-state index in [1.54, 1.807) is 31.2 Å². The number of phenolic OH excluding ortho intramolecular Hbond substituents is 1. The summed E-state index contributed by atoms with van der Waals surface area (Å²) in [4.78, 5) is 17.2. The lowest BCUT2D eigenvalue weighted by atomic mass is 10.1. The number of anilines is 1. The third-order valence-electron chi connectivity index (χ3n) is 4.78. The van der Waals surface area contributed by atoms with E-state index in [0.29, 0.717) is 30.4 Å². The zero-order valence-corrected chi connectivity index (χ0v) is 18.8. The third-order valence-corrected chi connectivity index (χ3v) is 5.25. The SMILES string of the molecule is CC(Oc1nc(-c2ccccc2)ccc1NCC(N)CS)C(=O)NCc1ccc(O)cc1. The highest BCUT2D eigenvalue weighted by atomic mass is 32.1. The highest BCUT2D eigenvalue weighted by molar-refractivity contribution is 7.80. The summed E-state index contributed by atoms with van der Waals surface area (Å²) in [5.41, 5.74) is 9.17. The summed E-state index contributed by atoms with van der Waals surface area (Å²) < 4.78 is 5.96. The molecule has 2 unspecified atom stereocenters. The Morgan fingerprint density at radius 1 is 1.12 bits per heavy atom. The number of pyridine rings is 1. The van der Waals surface area contributed by atoms with Crippen LogP contribution < -0.4 is 21.1 Å². The molecule has 5 N–H and O–H groups in total. The second-order valence-corrected chi connectivity index (χ2v) is 7.75. The van der Waals surface area contributed by atoms with Gasteiger partial charge in [0.05, 0.1) is 11.4 Å². The lowest BCUT2D eigenvalue weighted by Gasteiger charge is -2.19. The summed E-state index contributed by atoms with van der Waals surface area (Å²) in [5, 5.41) is 15.5. The topological polar surface area (TPSA) is 110 Å². The van der Waals surface area contributed by atoms with Crippen LogP contribution in [-0.4, -0.2) is 40.4 Å². The van der Waals surface area contributed by atoms with Crippen molar-refractivity contribution < 1.29 is 14.6 Å². The molecule has 1 amide bonds. The second kappa shape index (κ2) is 11.4. The number of hydrogen-bond acceptors (Lipinski definition) is 7. The molecule has 2 atom stereocenters. The number of nitrogens with one attached hydrogen (secondary N) is 2. The Labute approximate surface area is 193 Å². The number of nitrogens with two attached hydrogens (primary N) is 1. The minimum absolute atomic E-state index is 0.133. The Morgan fingerprint density at radius 3 is 2.53 bits per heavy atom. The minimum atomic E-state index is -0.773. The van der Waals surface area contributed by atoms with Crippen molar-refractivity contribution in [1.82, 2.24) is 10.3 Å². The molecule has 0 spiro atoms. The van der Waals surface area contributed by atoms with Gasteiger partial charge in [0.1, 0.15) is 5.75 Å². The molecule has 0 saturated carbocycles. The van der Waals surface area contributed by atoms with Crippen molar-refractivity contribution in [3.05, 3.63) is 72.3 Å². The van der Waals surface area contributed by atoms with E-state index >= 15 is 0 Å². The predicted octanol–water partition coefficient (Wildman–Crippen LogP) is 3.21. The molecule has 0 bridgehead atoms. The van der Waals surface area contributed by atoms with E-state index in [-0.39, 0.29) is 17.7 Å². The molecule has 0 aliphatic rings. The molecule has 1 aromatic heterocycles. The zero-order valence-electron chi connectivity index (χ0n) is 17.9. The number of aromatic hydroxyl groups is 1. The number of nitrogens with zero attached hydrogens (tertiary/aromatic N) is 1. The van der Waals surface area contributed by atoms with Gasteiger partial charge >= 0.3 is 0 Å². The Hall–Kier alpha value is -3.23. The average Bonchev–Trinajstić information content (AvgIpc) is 2.82. The maximum Gasteiger partial charge on any atom is 0.261 e. The van der Waals surface area contributed by atoms with E-state index in [4.69, 9.17) is 10.5 Å². The first-order chi connectivity index (χ1) is 15.5. The van der Waals surface area contributed by atoms with Crippen LogP contribution in [0.5, 0.6) is 11.6 Å². The number of aromatic nitrogens is 1. The van der Waals surface area contributed by atoms with Gasteiger partial charge in [0.2, 0.25) is 5.88 Å². The van der Waals surface area contributed by atoms with Crippen LogP contribution in [0.3, 0.4) is 0 Å². The largest absolute Gasteiger partial charge is 0.508 e. The number of ether oxygens (including phenoxy) is 1. The first-order valence-electron chi connectivity index (χ1n) is 10.4. The highest BCUT2D eigenvalue weighted by Gasteiger charge is 2.18. The second-order valence-electron chi connectivity index (χ2n) is 7.38. The minimum Gasteiger partial charge on any atom is -0.508 e. The first kappa shape index (κ1) is 23.4. The van der Waals surface area contributed by atoms with Crippen LogP contribution in [0.4, 0.5) is 5.69 Å². The molecular weight excluding hydrogens is 424 g/mol. The molecule has 0 aliphatic carbocycles. The smallest absolute Gasteiger partial charge is 0.261 e. The van der Waals surface area contributed by atoms with Crippen molar-refractivity contribution in [2.75, 3.05) is 17.6 Å². The van der Waals surface area contributed by atoms with Gasteiger partial charge in [-0.1, -0.05) is 42.5 Å². The Kier molecular flexibility index (Phi) is 8.35. The van der Waals surface area contributed by atoms with Gasteiger partial charge in [-0.2, -0.15) is 12.6 Å². The third kappa shape index (κ3) is 6.63. The normalized spacial score (nSPS) is 12.6. The van der Waals surface area contributed by atoms with Crippen LogP contribution in [0.15, 0.2) is 66.7 Å². The van der Waals surface area contributed by atoms with Crippen LogP contribution in [0, 0.1) is 0 Å². The van der Waals surface area contributed by atoms with E-state index < -0.39 is 6.10 Å². The summed E-state index contributed by atoms with van der Waals surface area (Å²) in [6.45, 7) is 2.49. The van der Waals surface area contributed by atoms with Crippen LogP contribution >= 0.6 is 12.6 Å². The molecular formula is C24H28N4O3S. The lowest BCUT2D eigenvalue weighted by molar-refractivity contribution is -0.127. The molecule has 168 valence electrons. The van der Waals surface area contributed by atoms with Crippen LogP contribution in [0.25, 0.3) is 11.3 Å². The van der Waals surface area contributed by atoms with E-state index in [9.17, 15) is 9.90 Å². The van der Waals surface area contributed by atoms with Crippen LogP contribution in [0.2, 0.25) is 0 Å². The molecule has 0 saturated heterocycles. The molecule has 7 nitrogen and oxygen atoms in total. The fourth-order valence-electron chi connectivity index (χ4n) is 2.91. The molecule has 3 rings (SSSR count). The number of phenols is 1. The summed E-state index contributed by atoms with van der Waals surface area (Å²) in [7, 11) is 0. The highest BCUT2D eigenvalue weighted by Crippen LogP contribution is 2.28. The van der Waals surface area contributed by atoms with Crippen molar-refractivity contribution in [1.29, 1.82) is 0 Å². The van der Waals surface area contributed by atoms with Gasteiger partial charge in [-0.25, -0.2) is 4.98 Å². The molecule has 0 fully saturated rings. The number of rotatable bonds is 10. The number of carbonyl (C=O) groups is 1. The predicted molar refractivity (Wildman–Crippen MR) is 130 cm³/mol. The Bertz CT molecular complexity index is 1020. The fraction of sp³-hybridized carbons (Fsp3) is 0.250. The molecule has 3 aromatic rings. The van der Waals surface area contributed by atoms with Crippen LogP contribution in [0.1, 0.15) is 12.5 Å². The number of carbonyl (C=O) groups excluding carboxylic acids is 1. The summed E-state index contributed by atoms with van der Waals surface area (Å²) in [6.07, 6.45) is -0.773. The quantitative estimate of drug-likeness (QED) is 0.302. The van der Waals surface area contributed by atoms with Crippen molar-refractivity contribution >= 4 is 24.2 Å². The molecule has 1 heterocycles. The number of benzene rings is 2. The fourth-order valence-corrected chi connectivity index (χ4v) is 3.04. The first-order valence-corrected chi connectivity index (χ1v) is 11.0. The standard InChI is InChI=1S/C24H28N4O3S/c1-16(23(30)27-13-17-7-9-20(29)10-8-17)31-24-22(26-14-19(25)15-32)12-11-21(28-24)18-5-3-2-4-6-18/h2-12,16,19,26,29,32H,13-15,25H2,1H3,(H,27,30). The van der Waals surface area contributed by atoms with E-state index in [1.807, 2.05) is 42.5 Å². The number of amides is 1. The Balaban J connectivity index is 1.73. The van der Waals surface area contributed by atoms with Gasteiger partial charge in [0, 0.05) is 30.4 Å². The number of hydrogen-bond donors (Lipinski definition) is 5. The molecule has 0 radical (unpaired) electrons.